The highest BCUT2D eigenvalue weighted by atomic mass is 15.4. The van der Waals surface area contributed by atoms with Crippen molar-refractivity contribution in [3.05, 3.63) is 23.9 Å². The highest BCUT2D eigenvalue weighted by molar-refractivity contribution is 5.37. The Morgan fingerprint density at radius 1 is 1.19 bits per heavy atom. The summed E-state index contributed by atoms with van der Waals surface area (Å²) in [6.45, 7) is 10.4. The van der Waals surface area contributed by atoms with E-state index in [1.54, 1.807) is 0 Å². The summed E-state index contributed by atoms with van der Waals surface area (Å²) in [6, 6.07) is 5.80. The van der Waals surface area contributed by atoms with E-state index in [0.29, 0.717) is 5.54 Å². The first-order valence-corrected chi connectivity index (χ1v) is 7.97. The van der Waals surface area contributed by atoms with Gasteiger partial charge in [-0.25, -0.2) is 4.98 Å². The van der Waals surface area contributed by atoms with Gasteiger partial charge in [0.25, 0.3) is 0 Å². The molecule has 1 aromatic heterocycles. The fourth-order valence-corrected chi connectivity index (χ4v) is 3.48. The Morgan fingerprint density at radius 3 is 2.33 bits per heavy atom. The van der Waals surface area contributed by atoms with Crippen LogP contribution in [0.5, 0.6) is 0 Å². The number of hydrogen-bond donors (Lipinski definition) is 0. The number of hydrogen-bond acceptors (Lipinski definition) is 4. The summed E-state index contributed by atoms with van der Waals surface area (Å²) in [5.74, 6) is 1.03. The van der Waals surface area contributed by atoms with Crippen LogP contribution in [-0.2, 0) is 6.54 Å². The topological polar surface area (TPSA) is 22.6 Å². The summed E-state index contributed by atoms with van der Waals surface area (Å²) in [4.78, 5) is 11.9. The molecule has 2 aliphatic rings. The number of aromatic nitrogens is 1. The van der Waals surface area contributed by atoms with Gasteiger partial charge < -0.3 is 4.90 Å². The molecule has 2 fully saturated rings. The number of pyridine rings is 1. The Labute approximate surface area is 128 Å². The minimum atomic E-state index is 0.303. The van der Waals surface area contributed by atoms with Crippen LogP contribution in [0.15, 0.2) is 18.3 Å². The fourth-order valence-electron chi connectivity index (χ4n) is 3.48. The molecule has 0 radical (unpaired) electrons. The zero-order valence-corrected chi connectivity index (χ0v) is 14.0. The molecular weight excluding hydrogens is 260 g/mol. The Balaban J connectivity index is 1.61. The number of rotatable bonds is 3. The summed E-state index contributed by atoms with van der Waals surface area (Å²) < 4.78 is 0. The lowest BCUT2D eigenvalue weighted by molar-refractivity contribution is -0.0997. The monoisotopic (exact) mass is 288 g/mol. The molecule has 3 heterocycles. The van der Waals surface area contributed by atoms with Crippen molar-refractivity contribution in [2.45, 2.75) is 51.4 Å². The quantitative estimate of drug-likeness (QED) is 0.850. The molecule has 116 valence electrons. The Morgan fingerprint density at radius 2 is 1.86 bits per heavy atom. The maximum absolute atomic E-state index is 4.53. The van der Waals surface area contributed by atoms with Crippen molar-refractivity contribution < 1.29 is 0 Å². The van der Waals surface area contributed by atoms with Crippen LogP contribution in [0, 0.1) is 0 Å². The second-order valence-corrected chi connectivity index (χ2v) is 7.71. The first-order chi connectivity index (χ1) is 9.84. The Kier molecular flexibility index (Phi) is 3.70. The molecule has 3 rings (SSSR count). The van der Waals surface area contributed by atoms with Crippen molar-refractivity contribution in [2.24, 2.45) is 0 Å². The van der Waals surface area contributed by atoms with E-state index in [9.17, 15) is 0 Å². The third-order valence-electron chi connectivity index (χ3n) is 4.93. The summed E-state index contributed by atoms with van der Waals surface area (Å²) in [7, 11) is 4.06. The van der Waals surface area contributed by atoms with Crippen LogP contribution in [0.4, 0.5) is 5.82 Å². The third kappa shape index (κ3) is 2.92. The van der Waals surface area contributed by atoms with E-state index in [4.69, 9.17) is 0 Å². The molecule has 0 aromatic carbocycles. The summed E-state index contributed by atoms with van der Waals surface area (Å²) >= 11 is 0. The van der Waals surface area contributed by atoms with Gasteiger partial charge in [0.05, 0.1) is 0 Å². The second kappa shape index (κ2) is 5.25. The molecule has 2 bridgehead atoms. The molecule has 2 saturated heterocycles. The van der Waals surface area contributed by atoms with Crippen LogP contribution in [0.3, 0.4) is 0 Å². The zero-order valence-electron chi connectivity index (χ0n) is 14.0. The average Bonchev–Trinajstić information content (AvgIpc) is 2.44. The van der Waals surface area contributed by atoms with E-state index in [0.717, 1.165) is 24.4 Å². The van der Waals surface area contributed by atoms with Gasteiger partial charge in [-0.3, -0.25) is 9.80 Å². The first kappa shape index (κ1) is 14.8. The van der Waals surface area contributed by atoms with Crippen molar-refractivity contribution in [2.75, 3.05) is 32.1 Å². The molecule has 0 amide bonds. The highest BCUT2D eigenvalue weighted by Crippen LogP contribution is 2.36. The Hall–Kier alpha value is -1.13. The third-order valence-corrected chi connectivity index (χ3v) is 4.93. The molecule has 4 heteroatoms. The van der Waals surface area contributed by atoms with Gasteiger partial charge in [0.2, 0.25) is 0 Å². The van der Waals surface area contributed by atoms with Gasteiger partial charge in [-0.2, -0.15) is 0 Å². The van der Waals surface area contributed by atoms with E-state index >= 15 is 0 Å². The van der Waals surface area contributed by atoms with Crippen LogP contribution in [0.1, 0.15) is 32.8 Å². The normalized spacial score (nSPS) is 26.5. The lowest BCUT2D eigenvalue weighted by Crippen LogP contribution is -2.70. The van der Waals surface area contributed by atoms with Crippen molar-refractivity contribution in [1.29, 1.82) is 0 Å². The number of nitrogens with zero attached hydrogens (tertiary/aromatic N) is 4. The van der Waals surface area contributed by atoms with Gasteiger partial charge in [-0.15, -0.1) is 0 Å². The van der Waals surface area contributed by atoms with E-state index < -0.39 is 0 Å². The molecule has 0 spiro atoms. The van der Waals surface area contributed by atoms with Gasteiger partial charge in [0.15, 0.2) is 0 Å². The molecule has 21 heavy (non-hydrogen) atoms. The van der Waals surface area contributed by atoms with Gasteiger partial charge in [0, 0.05) is 57.5 Å². The summed E-state index contributed by atoms with van der Waals surface area (Å²) in [5.41, 5.74) is 1.64. The van der Waals surface area contributed by atoms with Crippen molar-refractivity contribution >= 4 is 5.82 Å². The molecule has 4 nitrogen and oxygen atoms in total. The maximum atomic E-state index is 4.53. The zero-order chi connectivity index (χ0) is 15.2. The second-order valence-electron chi connectivity index (χ2n) is 7.71. The summed E-state index contributed by atoms with van der Waals surface area (Å²) in [5, 5.41) is 0. The van der Waals surface area contributed by atoms with Crippen LogP contribution in [-0.4, -0.2) is 59.6 Å². The molecule has 2 unspecified atom stereocenters. The predicted molar refractivity (Wildman–Crippen MR) is 87.6 cm³/mol. The fraction of sp³-hybridized carbons (Fsp3) is 0.706. The van der Waals surface area contributed by atoms with E-state index in [1.807, 2.05) is 25.2 Å². The van der Waals surface area contributed by atoms with Crippen LogP contribution < -0.4 is 4.90 Å². The highest BCUT2D eigenvalue weighted by Gasteiger charge is 2.46. The maximum Gasteiger partial charge on any atom is 0.127 e. The molecule has 2 aliphatic heterocycles. The number of likely N-dealkylation sites (tertiary alicyclic amines) is 2. The summed E-state index contributed by atoms with van der Waals surface area (Å²) in [6.07, 6.45) is 3.40. The Bertz CT molecular complexity index is 477. The van der Waals surface area contributed by atoms with E-state index in [1.165, 1.54) is 25.1 Å². The van der Waals surface area contributed by atoms with E-state index in [2.05, 4.69) is 47.7 Å². The van der Waals surface area contributed by atoms with Crippen LogP contribution >= 0.6 is 0 Å². The lowest BCUT2D eigenvalue weighted by atomic mass is 9.84. The van der Waals surface area contributed by atoms with Gasteiger partial charge >= 0.3 is 0 Å². The SMILES string of the molecule is CN(C)c1ccc(CN2C3CC2CN(C(C)(C)C)C3)cn1. The molecule has 0 N–H and O–H groups in total. The van der Waals surface area contributed by atoms with Crippen molar-refractivity contribution in [3.8, 4) is 0 Å². The van der Waals surface area contributed by atoms with Crippen molar-refractivity contribution in [1.82, 2.24) is 14.8 Å². The molecule has 2 atom stereocenters. The van der Waals surface area contributed by atoms with Crippen LogP contribution in [0.25, 0.3) is 0 Å². The van der Waals surface area contributed by atoms with Gasteiger partial charge in [-0.05, 0) is 38.8 Å². The minimum absolute atomic E-state index is 0.303. The molecule has 0 saturated carbocycles. The number of fused-ring (bicyclic) bond motifs is 2. The van der Waals surface area contributed by atoms with E-state index in [-0.39, 0.29) is 0 Å². The number of anilines is 1. The van der Waals surface area contributed by atoms with Gasteiger partial charge in [-0.1, -0.05) is 6.07 Å². The lowest BCUT2D eigenvalue weighted by Gasteiger charge is -2.59. The molecular formula is C17H28N4. The molecule has 1 aromatic rings. The smallest absolute Gasteiger partial charge is 0.127 e. The standard InChI is InChI=1S/C17H28N4/c1-17(2,3)20-11-14-8-15(12-20)21(14)10-13-6-7-16(18-9-13)19(4)5/h6-7,9,14-15H,8,10-12H2,1-5H3. The minimum Gasteiger partial charge on any atom is -0.363 e. The van der Waals surface area contributed by atoms with Crippen LogP contribution in [0.2, 0.25) is 0 Å². The number of piperidine rings is 1. The largest absolute Gasteiger partial charge is 0.363 e. The number of piperazine rings is 1. The average molecular weight is 288 g/mol. The van der Waals surface area contributed by atoms with Crippen molar-refractivity contribution in [3.63, 3.8) is 0 Å². The van der Waals surface area contributed by atoms with Gasteiger partial charge in [0.1, 0.15) is 5.82 Å². The predicted octanol–water partition coefficient (Wildman–Crippen LogP) is 2.20. The first-order valence-electron chi connectivity index (χ1n) is 7.97. The molecule has 0 aliphatic carbocycles.